The number of carbonyl (C=O) groups excluding carboxylic acids is 2. The standard InChI is InChI=1S/C12H20N2O3/c1-3-17-12(16)10-6-9-4-5-14(8(2)15)7-11(9)13-10/h9-11,13H,3-7H2,1-2H3. The number of esters is 1. The normalized spacial score (nSPS) is 32.1. The average Bonchev–Trinajstić information content (AvgIpc) is 2.71. The smallest absolute Gasteiger partial charge is 0.323 e. The molecule has 2 aliphatic rings. The van der Waals surface area contributed by atoms with Crippen LogP contribution in [0, 0.1) is 5.92 Å². The molecule has 2 heterocycles. The van der Waals surface area contributed by atoms with Gasteiger partial charge in [0.15, 0.2) is 0 Å². The van der Waals surface area contributed by atoms with Crippen molar-refractivity contribution in [3.05, 3.63) is 0 Å². The summed E-state index contributed by atoms with van der Waals surface area (Å²) in [6, 6.07) is 0.0684. The van der Waals surface area contributed by atoms with E-state index in [1.165, 1.54) is 0 Å². The minimum absolute atomic E-state index is 0.116. The summed E-state index contributed by atoms with van der Waals surface area (Å²) in [4.78, 5) is 24.8. The molecule has 1 N–H and O–H groups in total. The number of nitrogens with zero attached hydrogens (tertiary/aromatic N) is 1. The first-order valence-electron chi connectivity index (χ1n) is 6.30. The molecular formula is C12H20N2O3. The van der Waals surface area contributed by atoms with Crippen LogP contribution >= 0.6 is 0 Å². The first-order valence-corrected chi connectivity index (χ1v) is 6.30. The van der Waals surface area contributed by atoms with Crippen molar-refractivity contribution in [1.82, 2.24) is 10.2 Å². The number of hydrogen-bond acceptors (Lipinski definition) is 4. The van der Waals surface area contributed by atoms with Crippen LogP contribution in [0.1, 0.15) is 26.7 Å². The molecule has 5 heteroatoms. The zero-order chi connectivity index (χ0) is 12.4. The van der Waals surface area contributed by atoms with Crippen LogP contribution in [0.25, 0.3) is 0 Å². The van der Waals surface area contributed by atoms with E-state index in [2.05, 4.69) is 5.32 Å². The quantitative estimate of drug-likeness (QED) is 0.698. The zero-order valence-corrected chi connectivity index (χ0v) is 10.4. The summed E-state index contributed by atoms with van der Waals surface area (Å²) in [6.45, 7) is 5.37. The largest absolute Gasteiger partial charge is 0.465 e. The first-order chi connectivity index (χ1) is 8.11. The lowest BCUT2D eigenvalue weighted by Gasteiger charge is -2.34. The summed E-state index contributed by atoms with van der Waals surface area (Å²) < 4.78 is 5.02. The molecule has 0 aliphatic carbocycles. The highest BCUT2D eigenvalue weighted by atomic mass is 16.5. The number of piperidine rings is 1. The fourth-order valence-electron chi connectivity index (χ4n) is 2.79. The summed E-state index contributed by atoms with van der Waals surface area (Å²) in [5.41, 5.74) is 0. The third-order valence-electron chi connectivity index (χ3n) is 3.73. The van der Waals surface area contributed by atoms with Crippen LogP contribution in [0.15, 0.2) is 0 Å². The van der Waals surface area contributed by atoms with Crippen LogP contribution in [0.4, 0.5) is 0 Å². The number of likely N-dealkylation sites (tertiary alicyclic amines) is 1. The molecule has 3 unspecified atom stereocenters. The molecule has 0 aromatic rings. The van der Waals surface area contributed by atoms with E-state index in [1.54, 1.807) is 6.92 Å². The summed E-state index contributed by atoms with van der Waals surface area (Å²) in [5, 5.41) is 3.29. The van der Waals surface area contributed by atoms with Crippen LogP contribution < -0.4 is 5.32 Å². The van der Waals surface area contributed by atoms with Gasteiger partial charge in [-0.05, 0) is 25.7 Å². The van der Waals surface area contributed by atoms with Gasteiger partial charge in [-0.25, -0.2) is 0 Å². The Morgan fingerprint density at radius 3 is 2.88 bits per heavy atom. The Hall–Kier alpha value is -1.10. The Morgan fingerprint density at radius 2 is 2.24 bits per heavy atom. The van der Waals surface area contributed by atoms with Crippen molar-refractivity contribution in [3.8, 4) is 0 Å². The van der Waals surface area contributed by atoms with Gasteiger partial charge >= 0.3 is 5.97 Å². The van der Waals surface area contributed by atoms with Gasteiger partial charge in [0.25, 0.3) is 0 Å². The molecule has 2 aliphatic heterocycles. The van der Waals surface area contributed by atoms with Gasteiger partial charge in [0.2, 0.25) is 5.91 Å². The molecule has 3 atom stereocenters. The van der Waals surface area contributed by atoms with Crippen molar-refractivity contribution in [1.29, 1.82) is 0 Å². The Morgan fingerprint density at radius 1 is 1.47 bits per heavy atom. The Labute approximate surface area is 101 Å². The van der Waals surface area contributed by atoms with E-state index in [4.69, 9.17) is 4.74 Å². The minimum Gasteiger partial charge on any atom is -0.465 e. The van der Waals surface area contributed by atoms with Gasteiger partial charge in [0.05, 0.1) is 6.61 Å². The van der Waals surface area contributed by atoms with Gasteiger partial charge in [-0.3, -0.25) is 14.9 Å². The molecule has 0 aromatic carbocycles. The fraction of sp³-hybridized carbons (Fsp3) is 0.833. The van der Waals surface area contributed by atoms with Gasteiger partial charge in [-0.1, -0.05) is 0 Å². The van der Waals surface area contributed by atoms with Crippen molar-refractivity contribution in [2.75, 3.05) is 19.7 Å². The number of amides is 1. The van der Waals surface area contributed by atoms with Gasteiger partial charge in [-0.2, -0.15) is 0 Å². The lowest BCUT2D eigenvalue weighted by atomic mass is 9.91. The molecule has 0 radical (unpaired) electrons. The van der Waals surface area contributed by atoms with Crippen molar-refractivity contribution < 1.29 is 14.3 Å². The molecule has 17 heavy (non-hydrogen) atoms. The van der Waals surface area contributed by atoms with Gasteiger partial charge < -0.3 is 9.64 Å². The van der Waals surface area contributed by atoms with E-state index in [-0.39, 0.29) is 24.0 Å². The van der Waals surface area contributed by atoms with Gasteiger partial charge in [0, 0.05) is 26.1 Å². The molecule has 1 amide bonds. The Balaban J connectivity index is 1.92. The number of carbonyl (C=O) groups is 2. The molecule has 2 saturated heterocycles. The number of ether oxygens (including phenoxy) is 1. The predicted molar refractivity (Wildman–Crippen MR) is 62.3 cm³/mol. The van der Waals surface area contributed by atoms with E-state index < -0.39 is 0 Å². The van der Waals surface area contributed by atoms with Crippen molar-refractivity contribution in [2.45, 2.75) is 38.8 Å². The molecule has 0 spiro atoms. The van der Waals surface area contributed by atoms with Crippen molar-refractivity contribution in [3.63, 3.8) is 0 Å². The predicted octanol–water partition coefficient (Wildman–Crippen LogP) is 0.148. The molecule has 0 aromatic heterocycles. The highest BCUT2D eigenvalue weighted by Gasteiger charge is 2.41. The van der Waals surface area contributed by atoms with Gasteiger partial charge in [-0.15, -0.1) is 0 Å². The molecule has 96 valence electrons. The maximum Gasteiger partial charge on any atom is 0.323 e. The lowest BCUT2D eigenvalue weighted by molar-refractivity contribution is -0.145. The summed E-state index contributed by atoms with van der Waals surface area (Å²) in [5.74, 6) is 0.459. The van der Waals surface area contributed by atoms with Crippen LogP contribution in [0.5, 0.6) is 0 Å². The number of hydrogen-bond donors (Lipinski definition) is 1. The fourth-order valence-corrected chi connectivity index (χ4v) is 2.79. The van der Waals surface area contributed by atoms with E-state index in [9.17, 15) is 9.59 Å². The molecule has 2 rings (SSSR count). The van der Waals surface area contributed by atoms with Gasteiger partial charge in [0.1, 0.15) is 6.04 Å². The number of fused-ring (bicyclic) bond motifs is 1. The van der Waals surface area contributed by atoms with Crippen LogP contribution in [0.3, 0.4) is 0 Å². The molecule has 5 nitrogen and oxygen atoms in total. The van der Waals surface area contributed by atoms with E-state index in [0.29, 0.717) is 12.5 Å². The highest BCUT2D eigenvalue weighted by Crippen LogP contribution is 2.29. The zero-order valence-electron chi connectivity index (χ0n) is 10.4. The Kier molecular flexibility index (Phi) is 3.66. The topological polar surface area (TPSA) is 58.6 Å². The molecular weight excluding hydrogens is 220 g/mol. The third kappa shape index (κ3) is 2.60. The molecule has 0 saturated carbocycles. The second-order valence-corrected chi connectivity index (χ2v) is 4.83. The van der Waals surface area contributed by atoms with Crippen LogP contribution in [-0.2, 0) is 14.3 Å². The second-order valence-electron chi connectivity index (χ2n) is 4.83. The van der Waals surface area contributed by atoms with E-state index in [1.807, 2.05) is 11.8 Å². The van der Waals surface area contributed by atoms with Crippen LogP contribution in [-0.4, -0.2) is 48.6 Å². The third-order valence-corrected chi connectivity index (χ3v) is 3.73. The monoisotopic (exact) mass is 240 g/mol. The molecule has 2 fully saturated rings. The highest BCUT2D eigenvalue weighted by molar-refractivity contribution is 5.76. The summed E-state index contributed by atoms with van der Waals surface area (Å²) in [7, 11) is 0. The average molecular weight is 240 g/mol. The molecule has 0 bridgehead atoms. The number of nitrogens with one attached hydrogen (secondary N) is 1. The van der Waals surface area contributed by atoms with Crippen LogP contribution in [0.2, 0.25) is 0 Å². The maximum atomic E-state index is 11.6. The summed E-state index contributed by atoms with van der Waals surface area (Å²) >= 11 is 0. The van der Waals surface area contributed by atoms with E-state index >= 15 is 0 Å². The minimum atomic E-state index is -0.183. The first kappa shape index (κ1) is 12.4. The SMILES string of the molecule is CCOC(=O)C1CC2CCN(C(C)=O)CC2N1. The summed E-state index contributed by atoms with van der Waals surface area (Å²) in [6.07, 6.45) is 1.82. The second kappa shape index (κ2) is 5.04. The number of rotatable bonds is 2. The van der Waals surface area contributed by atoms with Crippen molar-refractivity contribution >= 4 is 11.9 Å². The van der Waals surface area contributed by atoms with E-state index in [0.717, 1.165) is 25.9 Å². The maximum absolute atomic E-state index is 11.6. The Bertz CT molecular complexity index is 319. The van der Waals surface area contributed by atoms with Crippen molar-refractivity contribution in [2.24, 2.45) is 5.92 Å². The lowest BCUT2D eigenvalue weighted by Crippen LogP contribution is -2.49.